The van der Waals surface area contributed by atoms with Crippen LogP contribution < -0.4 is 5.19 Å². The molecule has 0 spiro atoms. The summed E-state index contributed by atoms with van der Waals surface area (Å²) in [5.41, 5.74) is 0. The van der Waals surface area contributed by atoms with E-state index in [9.17, 15) is 0 Å². The Bertz CT molecular complexity index is 276. The molecule has 0 aliphatic heterocycles. The van der Waals surface area contributed by atoms with Crippen molar-refractivity contribution in [2.75, 3.05) is 0 Å². The van der Waals surface area contributed by atoms with Crippen LogP contribution in [0.1, 0.15) is 39.5 Å². The van der Waals surface area contributed by atoms with Gasteiger partial charge in [0.1, 0.15) is 0 Å². The summed E-state index contributed by atoms with van der Waals surface area (Å²) in [7, 11) is -0.347. The van der Waals surface area contributed by atoms with E-state index in [0.29, 0.717) is 0 Å². The van der Waals surface area contributed by atoms with Crippen LogP contribution in [0.15, 0.2) is 30.3 Å². The average molecular weight is 263 g/mol. The Morgan fingerprint density at radius 3 is 1.88 bits per heavy atom. The predicted octanol–water partition coefficient (Wildman–Crippen LogP) is 4.19. The Kier molecular flexibility index (Phi) is 7.53. The standard InChI is InChI=1S/C15H26Si2/c1-4-6-13-17(14-7-5-2)16(3)15-11-9-8-10-12-15/h8-12H,4-7,13-14H2,1-3H3. The topological polar surface area (TPSA) is 0 Å². The van der Waals surface area contributed by atoms with Gasteiger partial charge in [-0.25, -0.2) is 0 Å². The maximum atomic E-state index is 2.56. The fourth-order valence-corrected chi connectivity index (χ4v) is 10.9. The van der Waals surface area contributed by atoms with Gasteiger partial charge >= 0.3 is 0 Å². The molecule has 1 rings (SSSR count). The minimum Gasteiger partial charge on any atom is -0.0691 e. The molecule has 17 heavy (non-hydrogen) atoms. The quantitative estimate of drug-likeness (QED) is 0.616. The number of hydrogen-bond acceptors (Lipinski definition) is 0. The van der Waals surface area contributed by atoms with E-state index in [1.54, 1.807) is 17.3 Å². The average Bonchev–Trinajstić information content (AvgIpc) is 2.39. The zero-order valence-corrected chi connectivity index (χ0v) is 13.6. The summed E-state index contributed by atoms with van der Waals surface area (Å²) in [6.45, 7) is 7.20. The highest BCUT2D eigenvalue weighted by Crippen LogP contribution is 2.13. The van der Waals surface area contributed by atoms with Gasteiger partial charge < -0.3 is 0 Å². The molecule has 0 saturated carbocycles. The summed E-state index contributed by atoms with van der Waals surface area (Å²) < 4.78 is 0. The Morgan fingerprint density at radius 2 is 1.41 bits per heavy atom. The van der Waals surface area contributed by atoms with Crippen molar-refractivity contribution in [2.24, 2.45) is 0 Å². The normalized spacial score (nSPS) is 11.4. The predicted molar refractivity (Wildman–Crippen MR) is 82.9 cm³/mol. The molecule has 0 amide bonds. The Labute approximate surface area is 110 Å². The van der Waals surface area contributed by atoms with Crippen molar-refractivity contribution >= 4 is 21.8 Å². The maximum absolute atomic E-state index is 2.56. The molecule has 0 unspecified atom stereocenters. The van der Waals surface area contributed by atoms with Crippen LogP contribution in [0.4, 0.5) is 0 Å². The van der Waals surface area contributed by atoms with Crippen molar-refractivity contribution in [1.82, 2.24) is 0 Å². The van der Waals surface area contributed by atoms with E-state index in [4.69, 9.17) is 0 Å². The Balaban J connectivity index is 2.61. The van der Waals surface area contributed by atoms with Crippen molar-refractivity contribution in [3.8, 4) is 0 Å². The van der Waals surface area contributed by atoms with Gasteiger partial charge in [-0.15, -0.1) is 0 Å². The van der Waals surface area contributed by atoms with Crippen LogP contribution in [0.3, 0.4) is 0 Å². The van der Waals surface area contributed by atoms with E-state index < -0.39 is 0 Å². The molecule has 0 aliphatic rings. The van der Waals surface area contributed by atoms with E-state index in [2.05, 4.69) is 50.7 Å². The van der Waals surface area contributed by atoms with Gasteiger partial charge in [-0.1, -0.05) is 93.7 Å². The van der Waals surface area contributed by atoms with Crippen LogP contribution in [-0.4, -0.2) is 16.6 Å². The highest BCUT2D eigenvalue weighted by atomic mass is 29.2. The molecule has 0 saturated heterocycles. The molecular formula is C15H26Si2. The van der Waals surface area contributed by atoms with Crippen molar-refractivity contribution in [3.05, 3.63) is 30.3 Å². The lowest BCUT2D eigenvalue weighted by Gasteiger charge is -2.21. The molecule has 2 radical (unpaired) electrons. The van der Waals surface area contributed by atoms with Gasteiger partial charge in [-0.3, -0.25) is 0 Å². The third-order valence-corrected chi connectivity index (χ3v) is 13.1. The van der Waals surface area contributed by atoms with E-state index >= 15 is 0 Å². The van der Waals surface area contributed by atoms with Crippen LogP contribution in [0, 0.1) is 0 Å². The van der Waals surface area contributed by atoms with Crippen LogP contribution in [-0.2, 0) is 0 Å². The van der Waals surface area contributed by atoms with Gasteiger partial charge in [-0.05, 0) is 0 Å². The fourth-order valence-electron chi connectivity index (χ4n) is 2.17. The third-order valence-electron chi connectivity index (χ3n) is 3.40. The lowest BCUT2D eigenvalue weighted by Crippen LogP contribution is -2.42. The third kappa shape index (κ3) is 5.22. The number of rotatable bonds is 8. The van der Waals surface area contributed by atoms with E-state index in [0.717, 1.165) is 0 Å². The Hall–Kier alpha value is -0.346. The molecule has 0 N–H and O–H groups in total. The van der Waals surface area contributed by atoms with Crippen LogP contribution in [0.5, 0.6) is 0 Å². The maximum Gasteiger partial charge on any atom is 0.0716 e. The second-order valence-corrected chi connectivity index (χ2v) is 13.2. The van der Waals surface area contributed by atoms with Gasteiger partial charge in [0.15, 0.2) is 0 Å². The summed E-state index contributed by atoms with van der Waals surface area (Å²) in [6, 6.07) is 14.4. The van der Waals surface area contributed by atoms with Gasteiger partial charge in [0.05, 0.1) is 8.31 Å². The van der Waals surface area contributed by atoms with Gasteiger partial charge in [0.25, 0.3) is 0 Å². The Morgan fingerprint density at radius 1 is 0.882 bits per heavy atom. The first-order valence-electron chi connectivity index (χ1n) is 7.03. The molecule has 0 atom stereocenters. The van der Waals surface area contributed by atoms with E-state index in [-0.39, 0.29) is 16.6 Å². The lowest BCUT2D eigenvalue weighted by atomic mass is 10.4. The zero-order valence-electron chi connectivity index (χ0n) is 11.6. The summed E-state index contributed by atoms with van der Waals surface area (Å²) >= 11 is 0. The van der Waals surface area contributed by atoms with E-state index in [1.165, 1.54) is 25.7 Å². The van der Waals surface area contributed by atoms with Crippen molar-refractivity contribution < 1.29 is 0 Å². The second kappa shape index (κ2) is 8.70. The largest absolute Gasteiger partial charge is 0.0716 e. The molecular weight excluding hydrogens is 236 g/mol. The summed E-state index contributed by atoms with van der Waals surface area (Å²) in [6.07, 6.45) is 5.63. The van der Waals surface area contributed by atoms with Crippen LogP contribution in [0.25, 0.3) is 0 Å². The zero-order chi connectivity index (χ0) is 12.5. The first-order chi connectivity index (χ1) is 8.29. The highest BCUT2D eigenvalue weighted by molar-refractivity contribution is 7.27. The summed E-state index contributed by atoms with van der Waals surface area (Å²) in [4.78, 5) is 0. The molecule has 0 heterocycles. The molecule has 94 valence electrons. The molecule has 1 aromatic rings. The molecule has 1 aromatic carbocycles. The van der Waals surface area contributed by atoms with Gasteiger partial charge in [-0.2, -0.15) is 0 Å². The van der Waals surface area contributed by atoms with Crippen LogP contribution >= 0.6 is 0 Å². The van der Waals surface area contributed by atoms with Crippen molar-refractivity contribution in [1.29, 1.82) is 0 Å². The second-order valence-electron chi connectivity index (χ2n) is 4.80. The molecule has 2 heteroatoms. The summed E-state index contributed by atoms with van der Waals surface area (Å²) in [5.74, 6) is 0. The molecule has 0 nitrogen and oxygen atoms in total. The number of benzene rings is 1. The molecule has 0 aromatic heterocycles. The van der Waals surface area contributed by atoms with Crippen molar-refractivity contribution in [2.45, 2.75) is 58.2 Å². The number of hydrogen-bond donors (Lipinski definition) is 0. The minimum absolute atomic E-state index is 0.0980. The first-order valence-corrected chi connectivity index (χ1v) is 11.9. The SMILES string of the molecule is CCCC[Si](CCCC)[Si](C)c1ccccc1. The lowest BCUT2D eigenvalue weighted by molar-refractivity contribution is 0.848. The number of unbranched alkanes of at least 4 members (excludes halogenated alkanes) is 2. The first kappa shape index (κ1) is 14.7. The molecule has 0 fully saturated rings. The molecule has 0 bridgehead atoms. The van der Waals surface area contributed by atoms with Crippen molar-refractivity contribution in [3.63, 3.8) is 0 Å². The monoisotopic (exact) mass is 262 g/mol. The van der Waals surface area contributed by atoms with Gasteiger partial charge in [0.2, 0.25) is 0 Å². The van der Waals surface area contributed by atoms with Gasteiger partial charge in [0, 0.05) is 8.31 Å². The van der Waals surface area contributed by atoms with Crippen LogP contribution in [0.2, 0.25) is 18.6 Å². The minimum atomic E-state index is -0.249. The molecule has 0 aliphatic carbocycles. The highest BCUT2D eigenvalue weighted by Gasteiger charge is 2.21. The van der Waals surface area contributed by atoms with E-state index in [1.807, 2.05) is 0 Å². The summed E-state index contributed by atoms with van der Waals surface area (Å²) in [5, 5.41) is 1.67. The smallest absolute Gasteiger partial charge is 0.0691 e. The fraction of sp³-hybridized carbons (Fsp3) is 0.600.